The number of methoxy groups -OCH3 is 1. The maximum atomic E-state index is 10.1. The molecule has 0 aliphatic carbocycles. The minimum atomic E-state index is -0.412. The monoisotopic (exact) mass is 448 g/mol. The van der Waals surface area contributed by atoms with Crippen molar-refractivity contribution in [2.24, 2.45) is 5.92 Å². The topological polar surface area (TPSA) is 52.4 Å². The molecular weight excluding hydrogens is 416 g/mol. The van der Waals surface area contributed by atoms with Gasteiger partial charge in [0, 0.05) is 26.2 Å². The molecule has 0 spiro atoms. The summed E-state index contributed by atoms with van der Waals surface area (Å²) in [5.74, 6) is 1.16. The van der Waals surface area contributed by atoms with Gasteiger partial charge < -0.3 is 9.64 Å². The third kappa shape index (κ3) is 4.60. The van der Waals surface area contributed by atoms with Crippen LogP contribution in [0, 0.1) is 17.2 Å². The highest BCUT2D eigenvalue weighted by atomic mass is 32.1. The Labute approximate surface area is 195 Å². The van der Waals surface area contributed by atoms with Gasteiger partial charge in [-0.1, -0.05) is 55.5 Å². The standard InChI is InChI=1S/C26H32N4OS/c1-20(2)26(19-27,21-8-5-4-6-9-21)12-7-13-29-14-16-30(17-15-29)25-28-23-11-10-22(31-3)18-24(23)32-25/h4-6,8-11,18,20H,7,12-17H2,1-3H3. The second-order valence-electron chi connectivity index (χ2n) is 8.87. The summed E-state index contributed by atoms with van der Waals surface area (Å²) in [4.78, 5) is 9.75. The summed E-state index contributed by atoms with van der Waals surface area (Å²) in [5, 5.41) is 11.2. The first-order valence-corrected chi connectivity index (χ1v) is 12.3. The first-order chi connectivity index (χ1) is 15.6. The highest BCUT2D eigenvalue weighted by Gasteiger charge is 2.35. The van der Waals surface area contributed by atoms with Crippen molar-refractivity contribution in [1.29, 1.82) is 5.26 Å². The molecule has 3 aromatic rings. The van der Waals surface area contributed by atoms with Crippen LogP contribution in [0.3, 0.4) is 0 Å². The number of nitriles is 1. The Morgan fingerprint density at radius 2 is 1.88 bits per heavy atom. The molecule has 1 aliphatic rings. The highest BCUT2D eigenvalue weighted by Crippen LogP contribution is 2.36. The molecule has 32 heavy (non-hydrogen) atoms. The van der Waals surface area contributed by atoms with Crippen molar-refractivity contribution in [1.82, 2.24) is 9.88 Å². The lowest BCUT2D eigenvalue weighted by Crippen LogP contribution is -2.46. The van der Waals surface area contributed by atoms with Gasteiger partial charge >= 0.3 is 0 Å². The zero-order valence-corrected chi connectivity index (χ0v) is 20.1. The molecule has 2 aromatic carbocycles. The maximum Gasteiger partial charge on any atom is 0.186 e. The summed E-state index contributed by atoms with van der Waals surface area (Å²) < 4.78 is 6.51. The minimum Gasteiger partial charge on any atom is -0.497 e. The Hall–Kier alpha value is -2.62. The van der Waals surface area contributed by atoms with E-state index in [0.717, 1.165) is 67.5 Å². The van der Waals surface area contributed by atoms with E-state index in [-0.39, 0.29) is 5.92 Å². The third-order valence-corrected chi connectivity index (χ3v) is 7.83. The van der Waals surface area contributed by atoms with Crippen LogP contribution in [0.4, 0.5) is 5.13 Å². The van der Waals surface area contributed by atoms with Gasteiger partial charge in [-0.25, -0.2) is 4.98 Å². The van der Waals surface area contributed by atoms with E-state index in [0.29, 0.717) is 0 Å². The number of rotatable bonds is 8. The number of piperazine rings is 1. The van der Waals surface area contributed by atoms with Gasteiger partial charge in [0.2, 0.25) is 0 Å². The summed E-state index contributed by atoms with van der Waals surface area (Å²) >= 11 is 1.74. The molecule has 1 fully saturated rings. The van der Waals surface area contributed by atoms with Crippen LogP contribution in [0.15, 0.2) is 48.5 Å². The number of hydrogen-bond acceptors (Lipinski definition) is 6. The SMILES string of the molecule is COc1ccc2nc(N3CCN(CCCC(C#N)(c4ccccc4)C(C)C)CC3)sc2c1. The number of anilines is 1. The van der Waals surface area contributed by atoms with E-state index in [4.69, 9.17) is 9.72 Å². The van der Waals surface area contributed by atoms with E-state index in [2.05, 4.69) is 47.9 Å². The number of benzene rings is 2. The van der Waals surface area contributed by atoms with E-state index in [1.807, 2.05) is 30.3 Å². The molecule has 5 nitrogen and oxygen atoms in total. The molecule has 1 unspecified atom stereocenters. The van der Waals surface area contributed by atoms with Crippen LogP contribution >= 0.6 is 11.3 Å². The number of ether oxygens (including phenoxy) is 1. The largest absolute Gasteiger partial charge is 0.497 e. The molecular formula is C26H32N4OS. The van der Waals surface area contributed by atoms with E-state index >= 15 is 0 Å². The Morgan fingerprint density at radius 3 is 2.53 bits per heavy atom. The van der Waals surface area contributed by atoms with Gasteiger partial charge in [-0.2, -0.15) is 5.26 Å². The smallest absolute Gasteiger partial charge is 0.186 e. The molecule has 0 radical (unpaired) electrons. The van der Waals surface area contributed by atoms with Crippen molar-refractivity contribution in [3.05, 3.63) is 54.1 Å². The number of hydrogen-bond donors (Lipinski definition) is 0. The predicted octanol–water partition coefficient (Wildman–Crippen LogP) is 5.32. The average molecular weight is 449 g/mol. The molecule has 1 aromatic heterocycles. The lowest BCUT2D eigenvalue weighted by atomic mass is 9.70. The lowest BCUT2D eigenvalue weighted by molar-refractivity contribution is 0.239. The van der Waals surface area contributed by atoms with Crippen LogP contribution in [0.25, 0.3) is 10.2 Å². The van der Waals surface area contributed by atoms with Crippen molar-refractivity contribution in [2.75, 3.05) is 44.7 Å². The molecule has 1 saturated heterocycles. The fraction of sp³-hybridized carbons (Fsp3) is 0.462. The fourth-order valence-corrected chi connectivity index (χ4v) is 5.70. The summed E-state index contributed by atoms with van der Waals surface area (Å²) in [6, 6.07) is 19.1. The lowest BCUT2D eigenvalue weighted by Gasteiger charge is -2.36. The third-order valence-electron chi connectivity index (χ3n) is 6.75. The Bertz CT molecular complexity index is 1070. The van der Waals surface area contributed by atoms with Crippen LogP contribution in [-0.4, -0.2) is 49.7 Å². The molecule has 1 atom stereocenters. The van der Waals surface area contributed by atoms with Gasteiger partial charge in [-0.05, 0) is 49.1 Å². The average Bonchev–Trinajstić information content (AvgIpc) is 3.26. The van der Waals surface area contributed by atoms with Gasteiger partial charge in [0.05, 0.1) is 28.8 Å². The van der Waals surface area contributed by atoms with Gasteiger partial charge in [0.1, 0.15) is 5.75 Å². The van der Waals surface area contributed by atoms with Crippen LogP contribution in [0.5, 0.6) is 5.75 Å². The first-order valence-electron chi connectivity index (χ1n) is 11.4. The molecule has 2 heterocycles. The molecule has 0 N–H and O–H groups in total. The molecule has 0 bridgehead atoms. The predicted molar refractivity (Wildman–Crippen MR) is 133 cm³/mol. The summed E-state index contributed by atoms with van der Waals surface area (Å²) in [6.07, 6.45) is 1.92. The van der Waals surface area contributed by atoms with Crippen molar-refractivity contribution in [3.63, 3.8) is 0 Å². The first kappa shape index (κ1) is 22.6. The Morgan fingerprint density at radius 1 is 1.12 bits per heavy atom. The summed E-state index contributed by atoms with van der Waals surface area (Å²) in [5.41, 5.74) is 1.77. The minimum absolute atomic E-state index is 0.282. The second kappa shape index (κ2) is 9.89. The molecule has 168 valence electrons. The van der Waals surface area contributed by atoms with Gasteiger partial charge in [0.25, 0.3) is 0 Å². The van der Waals surface area contributed by atoms with E-state index in [9.17, 15) is 5.26 Å². The zero-order chi connectivity index (χ0) is 22.6. The molecule has 0 saturated carbocycles. The summed E-state index contributed by atoms with van der Waals surface area (Å²) in [7, 11) is 1.70. The van der Waals surface area contributed by atoms with E-state index in [1.165, 1.54) is 4.70 Å². The van der Waals surface area contributed by atoms with Gasteiger partial charge in [0.15, 0.2) is 5.13 Å². The quantitative estimate of drug-likeness (QED) is 0.466. The van der Waals surface area contributed by atoms with Crippen LogP contribution in [0.2, 0.25) is 0 Å². The molecule has 4 rings (SSSR count). The number of fused-ring (bicyclic) bond motifs is 1. The van der Waals surface area contributed by atoms with Crippen LogP contribution in [0.1, 0.15) is 32.3 Å². The van der Waals surface area contributed by atoms with Gasteiger partial charge in [-0.3, -0.25) is 4.90 Å². The zero-order valence-electron chi connectivity index (χ0n) is 19.3. The second-order valence-corrected chi connectivity index (χ2v) is 9.88. The van der Waals surface area contributed by atoms with Crippen molar-refractivity contribution in [3.8, 4) is 11.8 Å². The molecule has 0 amide bonds. The number of aromatic nitrogens is 1. The van der Waals surface area contributed by atoms with Crippen LogP contribution < -0.4 is 9.64 Å². The van der Waals surface area contributed by atoms with Gasteiger partial charge in [-0.15, -0.1) is 0 Å². The number of thiazole rings is 1. The summed E-state index contributed by atoms with van der Waals surface area (Å²) in [6.45, 7) is 9.42. The normalized spacial score (nSPS) is 16.8. The van der Waals surface area contributed by atoms with Crippen molar-refractivity contribution < 1.29 is 4.74 Å². The number of nitrogens with zero attached hydrogens (tertiary/aromatic N) is 4. The fourth-order valence-electron chi connectivity index (χ4n) is 4.65. The Balaban J connectivity index is 1.33. The Kier molecular flexibility index (Phi) is 6.98. The van der Waals surface area contributed by atoms with E-state index in [1.54, 1.807) is 18.4 Å². The molecule has 6 heteroatoms. The van der Waals surface area contributed by atoms with Crippen molar-refractivity contribution >= 4 is 26.7 Å². The maximum absolute atomic E-state index is 10.1. The van der Waals surface area contributed by atoms with Crippen LogP contribution in [-0.2, 0) is 5.41 Å². The highest BCUT2D eigenvalue weighted by molar-refractivity contribution is 7.22. The molecule has 1 aliphatic heterocycles. The van der Waals surface area contributed by atoms with Crippen molar-refractivity contribution in [2.45, 2.75) is 32.1 Å². The van der Waals surface area contributed by atoms with E-state index < -0.39 is 5.41 Å².